The summed E-state index contributed by atoms with van der Waals surface area (Å²) in [5, 5.41) is 0.111. The van der Waals surface area contributed by atoms with Crippen LogP contribution in [0, 0.1) is 0 Å². The van der Waals surface area contributed by atoms with Gasteiger partial charge in [-0.1, -0.05) is 20.8 Å². The summed E-state index contributed by atoms with van der Waals surface area (Å²) in [6.45, 7) is 15.2. The molecule has 3 atom stereocenters. The lowest BCUT2D eigenvalue weighted by molar-refractivity contribution is 0.0811. The van der Waals surface area contributed by atoms with Crippen molar-refractivity contribution < 1.29 is 22.8 Å². The van der Waals surface area contributed by atoms with E-state index in [1.54, 1.807) is 19.9 Å². The largest absolute Gasteiger partial charge is 0.412 e. The van der Waals surface area contributed by atoms with Gasteiger partial charge in [0.15, 0.2) is 8.32 Å². The Morgan fingerprint density at radius 1 is 1.25 bits per heavy atom. The van der Waals surface area contributed by atoms with E-state index >= 15 is 0 Å². The molecule has 1 heterocycles. The Morgan fingerprint density at radius 2 is 1.79 bits per heavy atom. The van der Waals surface area contributed by atoms with Crippen molar-refractivity contribution in [3.63, 3.8) is 0 Å². The van der Waals surface area contributed by atoms with Crippen molar-refractivity contribution in [3.8, 4) is 0 Å². The normalized spacial score (nSPS) is 26.4. The summed E-state index contributed by atoms with van der Waals surface area (Å²) in [5.41, 5.74) is 0. The highest BCUT2D eigenvalue weighted by molar-refractivity contribution is 7.57. The fraction of sp³-hybridized carbons (Fsp3) is 0.875. The minimum atomic E-state index is -3.21. The topological polar surface area (TPSA) is 54.0 Å². The zero-order valence-electron chi connectivity index (χ0n) is 16.1. The second-order valence-electron chi connectivity index (χ2n) is 7.51. The van der Waals surface area contributed by atoms with Gasteiger partial charge in [-0.2, -0.15) is 0 Å². The monoisotopic (exact) mass is 374 g/mol. The molecule has 2 radical (unpaired) electrons. The quantitative estimate of drug-likeness (QED) is 0.464. The minimum absolute atomic E-state index is 0.111. The smallest absolute Gasteiger partial charge is 0.353 e. The van der Waals surface area contributed by atoms with E-state index in [0.29, 0.717) is 19.6 Å². The van der Waals surface area contributed by atoms with Crippen LogP contribution in [0.2, 0.25) is 18.1 Å². The van der Waals surface area contributed by atoms with Crippen molar-refractivity contribution in [3.05, 3.63) is 11.9 Å². The van der Waals surface area contributed by atoms with Crippen molar-refractivity contribution in [2.45, 2.75) is 77.4 Å². The van der Waals surface area contributed by atoms with Crippen LogP contribution in [-0.4, -0.2) is 47.6 Å². The molecule has 8 heteroatoms. The molecular weight excluding hydrogens is 342 g/mol. The molecule has 138 valence electrons. The highest BCUT2D eigenvalue weighted by atomic mass is 31.2. The van der Waals surface area contributed by atoms with Crippen LogP contribution in [0.4, 0.5) is 0 Å². The van der Waals surface area contributed by atoms with Crippen molar-refractivity contribution in [1.82, 2.24) is 0 Å². The third-order valence-electron chi connectivity index (χ3n) is 4.52. The van der Waals surface area contributed by atoms with E-state index in [1.807, 2.05) is 0 Å². The van der Waals surface area contributed by atoms with Gasteiger partial charge in [-0.15, -0.1) is 0 Å². The van der Waals surface area contributed by atoms with Gasteiger partial charge in [0.05, 0.1) is 25.4 Å². The lowest BCUT2D eigenvalue weighted by Crippen LogP contribution is -2.46. The zero-order valence-corrected chi connectivity index (χ0v) is 18.0. The van der Waals surface area contributed by atoms with E-state index in [1.165, 1.54) is 5.82 Å². The van der Waals surface area contributed by atoms with Gasteiger partial charge in [-0.05, 0) is 38.1 Å². The summed E-state index contributed by atoms with van der Waals surface area (Å²) < 4.78 is 35.0. The van der Waals surface area contributed by atoms with Crippen LogP contribution < -0.4 is 0 Å². The van der Waals surface area contributed by atoms with Gasteiger partial charge in [-0.3, -0.25) is 4.57 Å². The SMILES string of the molecule is [B][C@@H]1O[C@H](/C=C/P(=O)(OCC)OCC)CC1O[Si](C)(C)C(C)(C)C. The molecule has 0 aliphatic carbocycles. The van der Waals surface area contributed by atoms with Gasteiger partial charge in [0.25, 0.3) is 0 Å². The molecule has 0 aromatic heterocycles. The van der Waals surface area contributed by atoms with Crippen molar-refractivity contribution in [2.24, 2.45) is 0 Å². The van der Waals surface area contributed by atoms with Gasteiger partial charge in [-0.25, -0.2) is 0 Å². The van der Waals surface area contributed by atoms with Crippen LogP contribution >= 0.6 is 7.60 Å². The maximum absolute atomic E-state index is 12.5. The van der Waals surface area contributed by atoms with Gasteiger partial charge in [0, 0.05) is 18.2 Å². The molecule has 1 rings (SSSR count). The molecule has 1 saturated heterocycles. The van der Waals surface area contributed by atoms with Crippen LogP contribution in [-0.2, 0) is 22.8 Å². The zero-order chi connectivity index (χ0) is 18.6. The predicted octanol–water partition coefficient (Wildman–Crippen LogP) is 4.44. The summed E-state index contributed by atoms with van der Waals surface area (Å²) >= 11 is 0. The average molecular weight is 374 g/mol. The highest BCUT2D eigenvalue weighted by Crippen LogP contribution is 2.50. The molecule has 1 aliphatic heterocycles. The molecule has 5 nitrogen and oxygen atoms in total. The van der Waals surface area contributed by atoms with Crippen LogP contribution in [0.3, 0.4) is 0 Å². The number of rotatable bonds is 8. The van der Waals surface area contributed by atoms with Gasteiger partial charge < -0.3 is 18.2 Å². The first-order valence-corrected chi connectivity index (χ1v) is 13.1. The van der Waals surface area contributed by atoms with Crippen molar-refractivity contribution in [1.29, 1.82) is 0 Å². The summed E-state index contributed by atoms with van der Waals surface area (Å²) in [5.74, 6) is 1.48. The highest BCUT2D eigenvalue weighted by Gasteiger charge is 2.42. The fourth-order valence-corrected chi connectivity index (χ4v) is 4.90. The van der Waals surface area contributed by atoms with E-state index in [2.05, 4.69) is 33.9 Å². The van der Waals surface area contributed by atoms with E-state index < -0.39 is 21.9 Å². The van der Waals surface area contributed by atoms with E-state index in [9.17, 15) is 4.57 Å². The Morgan fingerprint density at radius 3 is 2.25 bits per heavy atom. The lowest BCUT2D eigenvalue weighted by atomic mass is 9.94. The Labute approximate surface area is 149 Å². The lowest BCUT2D eigenvalue weighted by Gasteiger charge is -2.39. The van der Waals surface area contributed by atoms with Crippen LogP contribution in [0.15, 0.2) is 11.9 Å². The molecule has 0 bridgehead atoms. The van der Waals surface area contributed by atoms with Crippen molar-refractivity contribution in [2.75, 3.05) is 13.2 Å². The van der Waals surface area contributed by atoms with Crippen LogP contribution in [0.5, 0.6) is 0 Å². The Bertz CT molecular complexity index is 468. The molecule has 0 aromatic carbocycles. The molecule has 1 fully saturated rings. The van der Waals surface area contributed by atoms with Crippen LogP contribution in [0.1, 0.15) is 41.0 Å². The molecule has 0 amide bonds. The third kappa shape index (κ3) is 6.11. The van der Waals surface area contributed by atoms with Crippen molar-refractivity contribution >= 4 is 23.8 Å². The maximum Gasteiger partial charge on any atom is 0.353 e. The average Bonchev–Trinajstić information content (AvgIpc) is 2.76. The first-order valence-electron chi connectivity index (χ1n) is 8.61. The van der Waals surface area contributed by atoms with Gasteiger partial charge >= 0.3 is 7.60 Å². The molecule has 0 spiro atoms. The summed E-state index contributed by atoms with van der Waals surface area (Å²) in [6, 6.07) is -0.479. The Hall–Kier alpha value is 0.0918. The fourth-order valence-electron chi connectivity index (χ4n) is 2.19. The maximum atomic E-state index is 12.5. The molecule has 24 heavy (non-hydrogen) atoms. The molecular formula is C16H32BO5PSi. The molecule has 0 aromatic rings. The van der Waals surface area contributed by atoms with Gasteiger partial charge in [0.2, 0.25) is 0 Å². The Kier molecular flexibility index (Phi) is 7.98. The predicted molar refractivity (Wildman–Crippen MR) is 101 cm³/mol. The van der Waals surface area contributed by atoms with E-state index in [4.69, 9.17) is 26.1 Å². The molecule has 1 aliphatic rings. The summed E-state index contributed by atoms with van der Waals surface area (Å²) in [7, 11) is 0.959. The Balaban J connectivity index is 2.72. The van der Waals surface area contributed by atoms with Crippen LogP contribution in [0.25, 0.3) is 0 Å². The number of hydrogen-bond acceptors (Lipinski definition) is 5. The van der Waals surface area contributed by atoms with E-state index in [0.717, 1.165) is 0 Å². The first-order chi connectivity index (χ1) is 10.9. The second-order valence-corrected chi connectivity index (χ2v) is 14.2. The summed E-state index contributed by atoms with van der Waals surface area (Å²) in [6.07, 6.45) is 1.96. The third-order valence-corrected chi connectivity index (χ3v) is 10.8. The van der Waals surface area contributed by atoms with E-state index in [-0.39, 0.29) is 17.2 Å². The van der Waals surface area contributed by atoms with Gasteiger partial charge in [0.1, 0.15) is 7.85 Å². The second kappa shape index (κ2) is 8.65. The summed E-state index contributed by atoms with van der Waals surface area (Å²) in [4.78, 5) is 0. The molecule has 1 unspecified atom stereocenters. The molecule has 0 N–H and O–H groups in total. The number of hydrogen-bond donors (Lipinski definition) is 0. The standard InChI is InChI=1S/C16H32BO5PSi/c1-8-19-23(18,20-9-2)11-10-13-12-14(15(17)21-13)22-24(6,7)16(3,4)5/h10-11,13-15H,8-9,12H2,1-7H3/b11-10+/t13-,14?,15-/m1/s1. The first kappa shape index (κ1) is 22.1. The molecule has 0 saturated carbocycles. The number of ether oxygens (including phenoxy) is 1. The minimum Gasteiger partial charge on any atom is -0.412 e.